The van der Waals surface area contributed by atoms with Crippen LogP contribution in [0, 0.1) is 5.92 Å². The standard InChI is InChI=1S/C13H24O/c1-2-3-6-11-13(14)12-9-7-4-5-8-10-12/h2,12-14H,1,3-11H2. The van der Waals surface area contributed by atoms with Crippen molar-refractivity contribution in [2.24, 2.45) is 5.92 Å². The molecule has 14 heavy (non-hydrogen) atoms. The van der Waals surface area contributed by atoms with Crippen molar-refractivity contribution in [2.45, 2.75) is 63.9 Å². The summed E-state index contributed by atoms with van der Waals surface area (Å²) in [5, 5.41) is 9.99. The number of aliphatic hydroxyl groups is 1. The second-order valence-electron chi connectivity index (χ2n) is 4.54. The van der Waals surface area contributed by atoms with E-state index in [1.165, 1.54) is 38.5 Å². The molecule has 1 aliphatic rings. The number of hydrogen-bond donors (Lipinski definition) is 1. The average Bonchev–Trinajstić information content (AvgIpc) is 2.46. The maximum atomic E-state index is 9.99. The number of aliphatic hydroxyl groups excluding tert-OH is 1. The summed E-state index contributed by atoms with van der Waals surface area (Å²) in [6.07, 6.45) is 12.9. The van der Waals surface area contributed by atoms with Gasteiger partial charge in [-0.1, -0.05) is 31.8 Å². The Morgan fingerprint density at radius 1 is 1.21 bits per heavy atom. The van der Waals surface area contributed by atoms with E-state index in [1.807, 2.05) is 6.08 Å². The zero-order chi connectivity index (χ0) is 10.2. The summed E-state index contributed by atoms with van der Waals surface area (Å²) >= 11 is 0. The summed E-state index contributed by atoms with van der Waals surface area (Å²) in [4.78, 5) is 0. The molecule has 0 bridgehead atoms. The molecule has 1 nitrogen and oxygen atoms in total. The van der Waals surface area contributed by atoms with E-state index in [0.717, 1.165) is 19.3 Å². The summed E-state index contributed by atoms with van der Waals surface area (Å²) in [7, 11) is 0. The van der Waals surface area contributed by atoms with Gasteiger partial charge in [-0.15, -0.1) is 6.58 Å². The number of hydrogen-bond acceptors (Lipinski definition) is 1. The molecule has 0 aromatic heterocycles. The van der Waals surface area contributed by atoms with Crippen LogP contribution in [-0.4, -0.2) is 11.2 Å². The smallest absolute Gasteiger partial charge is 0.0568 e. The lowest BCUT2D eigenvalue weighted by Crippen LogP contribution is -2.19. The molecule has 0 heterocycles. The first kappa shape index (κ1) is 11.8. The van der Waals surface area contributed by atoms with E-state index in [1.54, 1.807) is 0 Å². The minimum Gasteiger partial charge on any atom is -0.393 e. The van der Waals surface area contributed by atoms with Gasteiger partial charge >= 0.3 is 0 Å². The Morgan fingerprint density at radius 3 is 2.43 bits per heavy atom. The van der Waals surface area contributed by atoms with Crippen LogP contribution >= 0.6 is 0 Å². The summed E-state index contributed by atoms with van der Waals surface area (Å²) in [5.74, 6) is 0.585. The molecule has 1 aliphatic carbocycles. The minimum atomic E-state index is -0.0481. The molecule has 1 rings (SSSR count). The SMILES string of the molecule is C=CCCCC(O)C1CCCCCC1. The first-order chi connectivity index (χ1) is 6.84. The summed E-state index contributed by atoms with van der Waals surface area (Å²) in [6, 6.07) is 0. The Bertz CT molecular complexity index is 145. The summed E-state index contributed by atoms with van der Waals surface area (Å²) in [6.45, 7) is 3.70. The van der Waals surface area contributed by atoms with Crippen molar-refractivity contribution in [2.75, 3.05) is 0 Å². The van der Waals surface area contributed by atoms with Gasteiger partial charge in [-0.25, -0.2) is 0 Å². The van der Waals surface area contributed by atoms with Crippen molar-refractivity contribution >= 4 is 0 Å². The van der Waals surface area contributed by atoms with Crippen molar-refractivity contribution in [1.82, 2.24) is 0 Å². The first-order valence-corrected chi connectivity index (χ1v) is 6.13. The minimum absolute atomic E-state index is 0.0481. The van der Waals surface area contributed by atoms with E-state index in [2.05, 4.69) is 6.58 Å². The van der Waals surface area contributed by atoms with Crippen LogP contribution in [0.2, 0.25) is 0 Å². The fourth-order valence-corrected chi connectivity index (χ4v) is 2.40. The zero-order valence-electron chi connectivity index (χ0n) is 9.25. The van der Waals surface area contributed by atoms with Crippen LogP contribution < -0.4 is 0 Å². The van der Waals surface area contributed by atoms with Crippen LogP contribution in [-0.2, 0) is 0 Å². The van der Waals surface area contributed by atoms with Gasteiger partial charge in [0.05, 0.1) is 6.10 Å². The van der Waals surface area contributed by atoms with Crippen LogP contribution in [0.3, 0.4) is 0 Å². The second-order valence-corrected chi connectivity index (χ2v) is 4.54. The third-order valence-electron chi connectivity index (χ3n) is 3.35. The Morgan fingerprint density at radius 2 is 1.86 bits per heavy atom. The molecular weight excluding hydrogens is 172 g/mol. The lowest BCUT2D eigenvalue weighted by molar-refractivity contribution is 0.0884. The molecule has 0 aromatic rings. The molecule has 1 atom stereocenters. The second kappa shape index (κ2) is 7.05. The van der Waals surface area contributed by atoms with Crippen LogP contribution in [0.5, 0.6) is 0 Å². The summed E-state index contributed by atoms with van der Waals surface area (Å²) < 4.78 is 0. The van der Waals surface area contributed by atoms with Gasteiger partial charge in [-0.05, 0) is 38.0 Å². The molecule has 0 aromatic carbocycles. The van der Waals surface area contributed by atoms with E-state index in [0.29, 0.717) is 5.92 Å². The highest BCUT2D eigenvalue weighted by molar-refractivity contribution is 4.74. The van der Waals surface area contributed by atoms with Gasteiger partial charge in [0.15, 0.2) is 0 Å². The van der Waals surface area contributed by atoms with Crippen molar-refractivity contribution < 1.29 is 5.11 Å². The largest absolute Gasteiger partial charge is 0.393 e. The fourth-order valence-electron chi connectivity index (χ4n) is 2.40. The Hall–Kier alpha value is -0.300. The lowest BCUT2D eigenvalue weighted by Gasteiger charge is -2.20. The fraction of sp³-hybridized carbons (Fsp3) is 0.846. The first-order valence-electron chi connectivity index (χ1n) is 6.13. The zero-order valence-corrected chi connectivity index (χ0v) is 9.25. The van der Waals surface area contributed by atoms with Gasteiger partial charge in [-0.2, -0.15) is 0 Å². The molecule has 0 aliphatic heterocycles. The maximum absolute atomic E-state index is 9.99. The van der Waals surface area contributed by atoms with Gasteiger partial charge in [0.1, 0.15) is 0 Å². The Balaban J connectivity index is 2.19. The maximum Gasteiger partial charge on any atom is 0.0568 e. The molecule has 1 unspecified atom stereocenters. The van der Waals surface area contributed by atoms with Crippen LogP contribution in [0.4, 0.5) is 0 Å². The number of rotatable bonds is 5. The van der Waals surface area contributed by atoms with Gasteiger partial charge in [0.25, 0.3) is 0 Å². The molecule has 0 spiro atoms. The van der Waals surface area contributed by atoms with Crippen molar-refractivity contribution in [1.29, 1.82) is 0 Å². The highest BCUT2D eigenvalue weighted by Crippen LogP contribution is 2.27. The molecule has 0 radical (unpaired) electrons. The van der Waals surface area contributed by atoms with Crippen molar-refractivity contribution in [3.63, 3.8) is 0 Å². The van der Waals surface area contributed by atoms with E-state index >= 15 is 0 Å². The molecular formula is C13H24O. The van der Waals surface area contributed by atoms with Crippen LogP contribution in [0.25, 0.3) is 0 Å². The molecule has 1 heteroatoms. The molecule has 0 saturated heterocycles. The highest BCUT2D eigenvalue weighted by atomic mass is 16.3. The molecule has 1 saturated carbocycles. The predicted octanol–water partition coefficient (Wildman–Crippen LogP) is 3.67. The van der Waals surface area contributed by atoms with Crippen LogP contribution in [0.1, 0.15) is 57.8 Å². The third-order valence-corrected chi connectivity index (χ3v) is 3.35. The number of allylic oxidation sites excluding steroid dienone is 1. The van der Waals surface area contributed by atoms with E-state index in [9.17, 15) is 5.11 Å². The van der Waals surface area contributed by atoms with Gasteiger partial charge < -0.3 is 5.11 Å². The van der Waals surface area contributed by atoms with E-state index in [4.69, 9.17) is 0 Å². The van der Waals surface area contributed by atoms with E-state index in [-0.39, 0.29) is 6.10 Å². The van der Waals surface area contributed by atoms with Crippen molar-refractivity contribution in [3.05, 3.63) is 12.7 Å². The summed E-state index contributed by atoms with van der Waals surface area (Å²) in [5.41, 5.74) is 0. The molecule has 82 valence electrons. The van der Waals surface area contributed by atoms with Crippen LogP contribution in [0.15, 0.2) is 12.7 Å². The topological polar surface area (TPSA) is 20.2 Å². The third kappa shape index (κ3) is 4.28. The van der Waals surface area contributed by atoms with E-state index < -0.39 is 0 Å². The number of unbranched alkanes of at least 4 members (excludes halogenated alkanes) is 1. The molecule has 1 N–H and O–H groups in total. The van der Waals surface area contributed by atoms with Gasteiger partial charge in [-0.3, -0.25) is 0 Å². The quantitative estimate of drug-likeness (QED) is 0.404. The predicted molar refractivity (Wildman–Crippen MR) is 61.2 cm³/mol. The van der Waals surface area contributed by atoms with Crippen molar-refractivity contribution in [3.8, 4) is 0 Å². The normalized spacial score (nSPS) is 21.5. The van der Waals surface area contributed by atoms with Gasteiger partial charge in [0.2, 0.25) is 0 Å². The lowest BCUT2D eigenvalue weighted by atomic mass is 9.91. The monoisotopic (exact) mass is 196 g/mol. The average molecular weight is 196 g/mol. The highest BCUT2D eigenvalue weighted by Gasteiger charge is 2.19. The molecule has 0 amide bonds. The Labute approximate surface area is 88.2 Å². The van der Waals surface area contributed by atoms with Gasteiger partial charge in [0, 0.05) is 0 Å². The Kier molecular flexibility index (Phi) is 5.93. The molecule has 1 fully saturated rings.